The Morgan fingerprint density at radius 2 is 1.85 bits per heavy atom. The Labute approximate surface area is 196 Å². The number of hydrogen-bond acceptors (Lipinski definition) is 7. The van der Waals surface area contributed by atoms with Gasteiger partial charge in [-0.25, -0.2) is 0 Å². The van der Waals surface area contributed by atoms with E-state index in [0.717, 1.165) is 5.56 Å². The van der Waals surface area contributed by atoms with Gasteiger partial charge in [-0.1, -0.05) is 18.2 Å². The van der Waals surface area contributed by atoms with Crippen LogP contribution in [0.4, 0.5) is 0 Å². The number of aliphatic hydroxyl groups excluding tert-OH is 1. The SMILES string of the molecule is COc1ccc([C@@H]2C(=C(O)c3ccc4c(c3)OCCO4)C(=O)C(=O)N2Cc2cccnc2)cc1. The van der Waals surface area contributed by atoms with E-state index in [4.69, 9.17) is 14.2 Å². The van der Waals surface area contributed by atoms with Gasteiger partial charge in [-0.3, -0.25) is 14.6 Å². The maximum atomic E-state index is 13.2. The van der Waals surface area contributed by atoms with Gasteiger partial charge >= 0.3 is 0 Å². The summed E-state index contributed by atoms with van der Waals surface area (Å²) in [5.74, 6) is -0.0436. The molecule has 2 aliphatic rings. The standard InChI is InChI=1S/C26H22N2O6/c1-32-19-7-4-17(5-8-19)23-22(24(29)18-6-9-20-21(13-18)34-12-11-33-20)25(30)26(31)28(23)15-16-3-2-10-27-14-16/h2-10,13-14,23,29H,11-12,15H2,1H3/t23-/m1/s1. The minimum atomic E-state index is -0.792. The van der Waals surface area contributed by atoms with Crippen molar-refractivity contribution in [2.75, 3.05) is 20.3 Å². The van der Waals surface area contributed by atoms with Crippen LogP contribution < -0.4 is 14.2 Å². The number of carbonyl (C=O) groups excluding carboxylic acids is 2. The van der Waals surface area contributed by atoms with Crippen LogP contribution in [0.3, 0.4) is 0 Å². The second kappa shape index (κ2) is 8.90. The molecule has 8 heteroatoms. The van der Waals surface area contributed by atoms with Gasteiger partial charge in [0.25, 0.3) is 11.7 Å². The fourth-order valence-electron chi connectivity index (χ4n) is 4.21. The van der Waals surface area contributed by atoms with Crippen LogP contribution in [0.1, 0.15) is 22.7 Å². The van der Waals surface area contributed by atoms with E-state index in [1.165, 1.54) is 4.90 Å². The monoisotopic (exact) mass is 458 g/mol. The van der Waals surface area contributed by atoms with Crippen molar-refractivity contribution in [1.82, 2.24) is 9.88 Å². The van der Waals surface area contributed by atoms with Crippen LogP contribution in [0.5, 0.6) is 17.2 Å². The molecule has 0 unspecified atom stereocenters. The van der Waals surface area contributed by atoms with E-state index in [2.05, 4.69) is 4.98 Å². The smallest absolute Gasteiger partial charge is 0.295 e. The number of nitrogens with zero attached hydrogens (tertiary/aromatic N) is 2. The molecule has 1 saturated heterocycles. The summed E-state index contributed by atoms with van der Waals surface area (Å²) in [6, 6.07) is 14.8. The zero-order chi connectivity index (χ0) is 23.7. The van der Waals surface area contributed by atoms with Crippen molar-refractivity contribution in [2.45, 2.75) is 12.6 Å². The Balaban J connectivity index is 1.62. The van der Waals surface area contributed by atoms with Gasteiger partial charge in [0.15, 0.2) is 11.5 Å². The first-order chi connectivity index (χ1) is 16.6. The van der Waals surface area contributed by atoms with E-state index in [-0.39, 0.29) is 17.9 Å². The van der Waals surface area contributed by atoms with E-state index in [1.54, 1.807) is 68.0 Å². The number of Topliss-reactive ketones (excluding diaryl/α,β-unsaturated/α-hetero) is 1. The van der Waals surface area contributed by atoms with Crippen molar-refractivity contribution in [3.8, 4) is 17.2 Å². The molecule has 1 fully saturated rings. The number of aromatic nitrogens is 1. The molecule has 1 atom stereocenters. The molecule has 3 heterocycles. The molecule has 2 aromatic carbocycles. The number of carbonyl (C=O) groups is 2. The molecule has 1 aromatic heterocycles. The number of amides is 1. The summed E-state index contributed by atoms with van der Waals surface area (Å²) in [7, 11) is 1.56. The lowest BCUT2D eigenvalue weighted by atomic mass is 9.95. The molecule has 0 bridgehead atoms. The summed E-state index contributed by atoms with van der Waals surface area (Å²) >= 11 is 0. The topological polar surface area (TPSA) is 98.2 Å². The first-order valence-electron chi connectivity index (χ1n) is 10.8. The lowest BCUT2D eigenvalue weighted by Crippen LogP contribution is -2.29. The summed E-state index contributed by atoms with van der Waals surface area (Å²) in [6.07, 6.45) is 3.28. The molecule has 1 amide bonds. The summed E-state index contributed by atoms with van der Waals surface area (Å²) in [5.41, 5.74) is 1.81. The van der Waals surface area contributed by atoms with Gasteiger partial charge in [-0.2, -0.15) is 0 Å². The molecule has 8 nitrogen and oxygen atoms in total. The number of rotatable bonds is 5. The van der Waals surface area contributed by atoms with E-state index in [0.29, 0.717) is 41.6 Å². The minimum absolute atomic E-state index is 0.00994. The highest BCUT2D eigenvalue weighted by Crippen LogP contribution is 2.42. The van der Waals surface area contributed by atoms with E-state index < -0.39 is 17.7 Å². The maximum absolute atomic E-state index is 13.2. The van der Waals surface area contributed by atoms with Crippen LogP contribution in [-0.4, -0.2) is 47.0 Å². The predicted octanol–water partition coefficient (Wildman–Crippen LogP) is 3.48. The zero-order valence-electron chi connectivity index (χ0n) is 18.4. The third-order valence-corrected chi connectivity index (χ3v) is 5.86. The Hall–Kier alpha value is -4.33. The van der Waals surface area contributed by atoms with Crippen LogP contribution in [-0.2, 0) is 16.1 Å². The van der Waals surface area contributed by atoms with Crippen LogP contribution in [0.25, 0.3) is 5.76 Å². The third-order valence-electron chi connectivity index (χ3n) is 5.86. The van der Waals surface area contributed by atoms with Crippen molar-refractivity contribution in [3.05, 3.63) is 89.3 Å². The summed E-state index contributed by atoms with van der Waals surface area (Å²) in [6.45, 7) is 0.987. The number of benzene rings is 2. The predicted molar refractivity (Wildman–Crippen MR) is 123 cm³/mol. The average Bonchev–Trinajstić information content (AvgIpc) is 3.13. The summed E-state index contributed by atoms with van der Waals surface area (Å²) in [4.78, 5) is 31.9. The molecule has 0 aliphatic carbocycles. The molecule has 2 aliphatic heterocycles. The Morgan fingerprint density at radius 1 is 1.09 bits per heavy atom. The van der Waals surface area contributed by atoms with Gasteiger partial charge in [0.2, 0.25) is 0 Å². The number of methoxy groups -OCH3 is 1. The van der Waals surface area contributed by atoms with Gasteiger partial charge in [0, 0.05) is 24.5 Å². The molecule has 1 N–H and O–H groups in total. The second-order valence-corrected chi connectivity index (χ2v) is 7.92. The second-order valence-electron chi connectivity index (χ2n) is 7.92. The first kappa shape index (κ1) is 21.5. The van der Waals surface area contributed by atoms with Crippen molar-refractivity contribution < 1.29 is 28.9 Å². The van der Waals surface area contributed by atoms with E-state index in [9.17, 15) is 14.7 Å². The number of ether oxygens (including phenoxy) is 3. The van der Waals surface area contributed by atoms with Crippen LogP contribution in [0.15, 0.2) is 72.6 Å². The highest BCUT2D eigenvalue weighted by atomic mass is 16.6. The largest absolute Gasteiger partial charge is 0.507 e. The number of fused-ring (bicyclic) bond motifs is 1. The number of pyridine rings is 1. The molecule has 172 valence electrons. The van der Waals surface area contributed by atoms with Crippen LogP contribution in [0, 0.1) is 0 Å². The fraction of sp³-hybridized carbons (Fsp3) is 0.192. The normalized spacial score (nSPS) is 18.7. The highest BCUT2D eigenvalue weighted by molar-refractivity contribution is 6.46. The Morgan fingerprint density at radius 3 is 2.56 bits per heavy atom. The lowest BCUT2D eigenvalue weighted by molar-refractivity contribution is -0.140. The Bertz CT molecular complexity index is 1270. The number of hydrogen-bond donors (Lipinski definition) is 1. The summed E-state index contributed by atoms with van der Waals surface area (Å²) < 4.78 is 16.4. The van der Waals surface area contributed by atoms with Crippen molar-refractivity contribution in [1.29, 1.82) is 0 Å². The van der Waals surface area contributed by atoms with Crippen LogP contribution >= 0.6 is 0 Å². The summed E-state index contributed by atoms with van der Waals surface area (Å²) in [5, 5.41) is 11.3. The van der Waals surface area contributed by atoms with Gasteiger partial charge in [-0.15, -0.1) is 0 Å². The highest BCUT2D eigenvalue weighted by Gasteiger charge is 2.46. The fourth-order valence-corrected chi connectivity index (χ4v) is 4.21. The molecule has 34 heavy (non-hydrogen) atoms. The maximum Gasteiger partial charge on any atom is 0.295 e. The van der Waals surface area contributed by atoms with Gasteiger partial charge < -0.3 is 24.2 Å². The van der Waals surface area contributed by atoms with Crippen molar-refractivity contribution >= 4 is 17.4 Å². The number of likely N-dealkylation sites (tertiary alicyclic amines) is 1. The quantitative estimate of drug-likeness (QED) is 0.355. The lowest BCUT2D eigenvalue weighted by Gasteiger charge is -2.25. The molecular weight excluding hydrogens is 436 g/mol. The third kappa shape index (κ3) is 3.83. The van der Waals surface area contributed by atoms with Gasteiger partial charge in [-0.05, 0) is 47.5 Å². The van der Waals surface area contributed by atoms with Crippen LogP contribution in [0.2, 0.25) is 0 Å². The number of aliphatic hydroxyl groups is 1. The number of ketones is 1. The van der Waals surface area contributed by atoms with Crippen molar-refractivity contribution in [2.24, 2.45) is 0 Å². The molecule has 0 saturated carbocycles. The molecular formula is C26H22N2O6. The zero-order valence-corrected chi connectivity index (χ0v) is 18.4. The minimum Gasteiger partial charge on any atom is -0.507 e. The molecule has 0 radical (unpaired) electrons. The Kier molecular flexibility index (Phi) is 5.63. The average molecular weight is 458 g/mol. The van der Waals surface area contributed by atoms with E-state index in [1.807, 2.05) is 6.07 Å². The first-order valence-corrected chi connectivity index (χ1v) is 10.8. The van der Waals surface area contributed by atoms with E-state index >= 15 is 0 Å². The van der Waals surface area contributed by atoms with Gasteiger partial charge in [0.1, 0.15) is 24.7 Å². The molecule has 5 rings (SSSR count). The van der Waals surface area contributed by atoms with Gasteiger partial charge in [0.05, 0.1) is 18.7 Å². The molecule has 0 spiro atoms. The van der Waals surface area contributed by atoms with Crippen molar-refractivity contribution in [3.63, 3.8) is 0 Å². The molecule has 3 aromatic rings.